The summed E-state index contributed by atoms with van der Waals surface area (Å²) in [6, 6.07) is 0.742. The molecule has 23 heavy (non-hydrogen) atoms. The van der Waals surface area contributed by atoms with E-state index in [2.05, 4.69) is 21.2 Å². The van der Waals surface area contributed by atoms with E-state index in [9.17, 15) is 0 Å². The summed E-state index contributed by atoms with van der Waals surface area (Å²) in [7, 11) is 0. The third-order valence-corrected chi connectivity index (χ3v) is 6.09. The maximum absolute atomic E-state index is 8.52. The molecule has 0 aromatic carbocycles. The van der Waals surface area contributed by atoms with E-state index in [1.54, 1.807) is 0 Å². The zero-order valence-corrected chi connectivity index (χ0v) is 15.9. The molecule has 0 amide bonds. The van der Waals surface area contributed by atoms with E-state index in [0.29, 0.717) is 17.5 Å². The van der Waals surface area contributed by atoms with Gasteiger partial charge in [-0.15, -0.1) is 0 Å². The van der Waals surface area contributed by atoms with Crippen LogP contribution in [-0.4, -0.2) is 48.6 Å². The van der Waals surface area contributed by atoms with Crippen molar-refractivity contribution in [3.05, 3.63) is 0 Å². The number of hydrogen-bond donors (Lipinski definition) is 2. The van der Waals surface area contributed by atoms with E-state index in [1.165, 1.54) is 44.9 Å². The predicted octanol–water partition coefficient (Wildman–Crippen LogP) is 3.60. The first-order valence-electron chi connectivity index (χ1n) is 9.47. The second kappa shape index (κ2) is 11.8. The first-order valence-corrected chi connectivity index (χ1v) is 10.4. The lowest BCUT2D eigenvalue weighted by Crippen LogP contribution is -2.45. The smallest absolute Gasteiger partial charge is 0.143 e. The van der Waals surface area contributed by atoms with Gasteiger partial charge in [0.1, 0.15) is 6.79 Å². The van der Waals surface area contributed by atoms with Crippen LogP contribution in [-0.2, 0) is 9.47 Å². The first kappa shape index (κ1) is 19.6. The van der Waals surface area contributed by atoms with Crippen LogP contribution < -0.4 is 5.32 Å². The topological polar surface area (TPSA) is 50.7 Å². The van der Waals surface area contributed by atoms with E-state index in [1.807, 2.05) is 0 Å². The van der Waals surface area contributed by atoms with Crippen LogP contribution in [0.1, 0.15) is 64.2 Å². The van der Waals surface area contributed by atoms with Gasteiger partial charge in [-0.3, -0.25) is 0 Å². The van der Waals surface area contributed by atoms with Crippen molar-refractivity contribution in [3.63, 3.8) is 0 Å². The number of alkyl halides is 1. The number of aliphatic hydroxyl groups is 1. The van der Waals surface area contributed by atoms with Gasteiger partial charge in [-0.25, -0.2) is 0 Å². The molecule has 2 atom stereocenters. The van der Waals surface area contributed by atoms with E-state index in [4.69, 9.17) is 14.6 Å². The van der Waals surface area contributed by atoms with Gasteiger partial charge in [-0.2, -0.15) is 0 Å². The molecule has 0 radical (unpaired) electrons. The van der Waals surface area contributed by atoms with Gasteiger partial charge in [-0.05, 0) is 57.3 Å². The Hall–Kier alpha value is 0.320. The Morgan fingerprint density at radius 3 is 2.30 bits per heavy atom. The van der Waals surface area contributed by atoms with Crippen molar-refractivity contribution in [1.82, 2.24) is 5.32 Å². The van der Waals surface area contributed by atoms with Crippen LogP contribution >= 0.6 is 15.9 Å². The molecule has 1 saturated carbocycles. The Balaban J connectivity index is 1.45. The number of hydrogen-bond acceptors (Lipinski definition) is 4. The fourth-order valence-corrected chi connectivity index (χ4v) is 4.33. The Morgan fingerprint density at radius 1 is 0.913 bits per heavy atom. The van der Waals surface area contributed by atoms with E-state index in [0.717, 1.165) is 44.4 Å². The number of rotatable bonds is 10. The van der Waals surface area contributed by atoms with Gasteiger partial charge in [0, 0.05) is 30.6 Å². The minimum absolute atomic E-state index is 0.154. The molecule has 2 N–H and O–H groups in total. The van der Waals surface area contributed by atoms with Crippen LogP contribution in [0.15, 0.2) is 0 Å². The molecule has 2 fully saturated rings. The van der Waals surface area contributed by atoms with Crippen molar-refractivity contribution in [3.8, 4) is 0 Å². The summed E-state index contributed by atoms with van der Waals surface area (Å²) in [5, 5.41) is 12.2. The highest BCUT2D eigenvalue weighted by molar-refractivity contribution is 9.09. The Kier molecular flexibility index (Phi) is 10.1. The molecule has 1 aliphatic heterocycles. The zero-order valence-electron chi connectivity index (χ0n) is 14.4. The van der Waals surface area contributed by atoms with Gasteiger partial charge in [-0.1, -0.05) is 28.8 Å². The molecule has 0 aromatic rings. The van der Waals surface area contributed by atoms with Crippen molar-refractivity contribution in [2.75, 3.05) is 26.6 Å². The normalized spacial score (nSPS) is 32.1. The second-order valence-electron chi connectivity index (χ2n) is 7.05. The number of unbranched alkanes of at least 4 members (excludes halogenated alkanes) is 3. The molecule has 5 heteroatoms. The van der Waals surface area contributed by atoms with Crippen LogP contribution in [0.2, 0.25) is 0 Å². The standard InChI is InChI=1S/C18H34BrNO3/c19-16-7-10-18(20-13-16)15-5-8-17(9-6-15)23-12-4-2-1-3-11-22-14-21/h15-18,20-21H,1-14H2. The lowest BCUT2D eigenvalue weighted by atomic mass is 9.80. The number of nitrogens with one attached hydrogen (secondary N) is 1. The summed E-state index contributed by atoms with van der Waals surface area (Å²) in [4.78, 5) is 0.675. The maximum Gasteiger partial charge on any atom is 0.143 e. The molecule has 0 spiro atoms. The molecular formula is C18H34BrNO3. The van der Waals surface area contributed by atoms with Crippen molar-refractivity contribution >= 4 is 15.9 Å². The van der Waals surface area contributed by atoms with E-state index in [-0.39, 0.29) is 6.79 Å². The summed E-state index contributed by atoms with van der Waals surface area (Å²) in [5.41, 5.74) is 0. The molecule has 2 unspecified atom stereocenters. The van der Waals surface area contributed by atoms with Crippen molar-refractivity contribution in [1.29, 1.82) is 0 Å². The Labute approximate surface area is 149 Å². The number of piperidine rings is 1. The van der Waals surface area contributed by atoms with Crippen LogP contribution in [0, 0.1) is 5.92 Å². The monoisotopic (exact) mass is 391 g/mol. The average Bonchev–Trinajstić information content (AvgIpc) is 2.59. The molecule has 2 aliphatic rings. The van der Waals surface area contributed by atoms with Gasteiger partial charge in [0.2, 0.25) is 0 Å². The SMILES string of the molecule is OCOCCCCCCOC1CCC(C2CCC(Br)CN2)CC1. The van der Waals surface area contributed by atoms with Crippen molar-refractivity contribution in [2.24, 2.45) is 5.92 Å². The predicted molar refractivity (Wildman–Crippen MR) is 96.9 cm³/mol. The summed E-state index contributed by atoms with van der Waals surface area (Å²) in [6.45, 7) is 2.55. The molecule has 4 nitrogen and oxygen atoms in total. The summed E-state index contributed by atoms with van der Waals surface area (Å²) < 4.78 is 11.0. The van der Waals surface area contributed by atoms with Crippen LogP contribution in [0.4, 0.5) is 0 Å². The number of aliphatic hydroxyl groups excluding tert-OH is 1. The molecule has 1 saturated heterocycles. The van der Waals surface area contributed by atoms with Gasteiger partial charge < -0.3 is 19.9 Å². The van der Waals surface area contributed by atoms with Crippen LogP contribution in [0.25, 0.3) is 0 Å². The molecule has 0 aromatic heterocycles. The first-order chi connectivity index (χ1) is 11.3. The van der Waals surface area contributed by atoms with Gasteiger partial charge in [0.05, 0.1) is 6.10 Å². The fourth-order valence-electron chi connectivity index (χ4n) is 3.88. The highest BCUT2D eigenvalue weighted by Crippen LogP contribution is 2.32. The molecule has 1 heterocycles. The minimum Gasteiger partial charge on any atom is -0.378 e. The molecule has 2 rings (SSSR count). The van der Waals surface area contributed by atoms with Crippen LogP contribution in [0.3, 0.4) is 0 Å². The molecular weight excluding hydrogens is 358 g/mol. The zero-order chi connectivity index (χ0) is 16.3. The quantitative estimate of drug-likeness (QED) is 0.339. The minimum atomic E-state index is -0.154. The summed E-state index contributed by atoms with van der Waals surface area (Å²) >= 11 is 3.71. The van der Waals surface area contributed by atoms with E-state index >= 15 is 0 Å². The second-order valence-corrected chi connectivity index (χ2v) is 8.34. The highest BCUT2D eigenvalue weighted by Gasteiger charge is 2.30. The lowest BCUT2D eigenvalue weighted by molar-refractivity contribution is -0.00400. The van der Waals surface area contributed by atoms with Gasteiger partial charge in [0.25, 0.3) is 0 Å². The Morgan fingerprint density at radius 2 is 1.65 bits per heavy atom. The van der Waals surface area contributed by atoms with Gasteiger partial charge in [0.15, 0.2) is 0 Å². The van der Waals surface area contributed by atoms with E-state index < -0.39 is 0 Å². The Bertz CT molecular complexity index is 290. The third-order valence-electron chi connectivity index (χ3n) is 5.31. The molecule has 1 aliphatic carbocycles. The summed E-state index contributed by atoms with van der Waals surface area (Å²) in [5.74, 6) is 0.862. The summed E-state index contributed by atoms with van der Waals surface area (Å²) in [6.07, 6.45) is 12.8. The maximum atomic E-state index is 8.52. The number of ether oxygens (including phenoxy) is 2. The average molecular weight is 392 g/mol. The van der Waals surface area contributed by atoms with Crippen molar-refractivity contribution in [2.45, 2.75) is 81.2 Å². The molecule has 0 bridgehead atoms. The fraction of sp³-hybridized carbons (Fsp3) is 1.00. The highest BCUT2D eigenvalue weighted by atomic mass is 79.9. The number of halogens is 1. The largest absolute Gasteiger partial charge is 0.378 e. The van der Waals surface area contributed by atoms with Gasteiger partial charge >= 0.3 is 0 Å². The molecule has 136 valence electrons. The third kappa shape index (κ3) is 7.82. The lowest BCUT2D eigenvalue weighted by Gasteiger charge is -2.37. The van der Waals surface area contributed by atoms with Crippen LogP contribution in [0.5, 0.6) is 0 Å². The van der Waals surface area contributed by atoms with Crippen molar-refractivity contribution < 1.29 is 14.6 Å².